The summed E-state index contributed by atoms with van der Waals surface area (Å²) >= 11 is 0. The van der Waals surface area contributed by atoms with E-state index >= 15 is 0 Å². The molecule has 0 aliphatic rings. The summed E-state index contributed by atoms with van der Waals surface area (Å²) in [4.78, 5) is 22.1. The smallest absolute Gasteiger partial charge is 0.314 e. The van der Waals surface area contributed by atoms with Crippen LogP contribution < -0.4 is 15.4 Å². The van der Waals surface area contributed by atoms with E-state index in [2.05, 4.69) is 15.4 Å². The van der Waals surface area contributed by atoms with Crippen LogP contribution in [0, 0.1) is 0 Å². The van der Waals surface area contributed by atoms with E-state index in [4.69, 9.17) is 9.84 Å². The molecule has 0 aromatic heterocycles. The van der Waals surface area contributed by atoms with E-state index in [0.29, 0.717) is 0 Å². The number of rotatable bonds is 9. The Bertz CT molecular complexity index is 463. The van der Waals surface area contributed by atoms with Gasteiger partial charge in [0.05, 0.1) is 18.8 Å². The van der Waals surface area contributed by atoms with E-state index < -0.39 is 33.7 Å². The molecular weight excluding hydrogens is 302 g/mol. The molecular formula is C11H23N3O6S. The van der Waals surface area contributed by atoms with Gasteiger partial charge in [-0.1, -0.05) is 0 Å². The largest absolute Gasteiger partial charge is 0.481 e. The van der Waals surface area contributed by atoms with Crippen molar-refractivity contribution >= 4 is 22.0 Å². The number of methoxy groups -OCH3 is 1. The molecule has 0 fully saturated rings. The molecule has 0 radical (unpaired) electrons. The lowest BCUT2D eigenvalue weighted by molar-refractivity contribution is -0.139. The van der Waals surface area contributed by atoms with E-state index in [9.17, 15) is 18.0 Å². The van der Waals surface area contributed by atoms with Crippen LogP contribution in [0.3, 0.4) is 0 Å². The fourth-order valence-electron chi connectivity index (χ4n) is 1.54. The maximum atomic E-state index is 11.6. The van der Waals surface area contributed by atoms with Crippen LogP contribution >= 0.6 is 0 Å². The molecule has 0 spiro atoms. The maximum absolute atomic E-state index is 11.6. The van der Waals surface area contributed by atoms with Crippen molar-refractivity contribution < 1.29 is 27.9 Å². The second kappa shape index (κ2) is 8.15. The summed E-state index contributed by atoms with van der Waals surface area (Å²) in [5.74, 6) is -1.03. The highest BCUT2D eigenvalue weighted by molar-refractivity contribution is 7.88. The first kappa shape index (κ1) is 19.6. The number of amides is 2. The second-order valence-electron chi connectivity index (χ2n) is 5.28. The maximum Gasteiger partial charge on any atom is 0.314 e. The normalized spacial score (nSPS) is 13.5. The zero-order valence-electron chi connectivity index (χ0n) is 12.6. The Morgan fingerprint density at radius 3 is 2.29 bits per heavy atom. The molecule has 0 aliphatic carbocycles. The monoisotopic (exact) mass is 325 g/mol. The Kier molecular flexibility index (Phi) is 7.61. The number of carboxylic acids is 1. The van der Waals surface area contributed by atoms with Gasteiger partial charge in [0, 0.05) is 25.7 Å². The predicted octanol–water partition coefficient (Wildman–Crippen LogP) is -0.897. The van der Waals surface area contributed by atoms with Crippen molar-refractivity contribution in [1.82, 2.24) is 15.4 Å². The molecule has 0 aromatic rings. The molecule has 124 valence electrons. The molecule has 0 aromatic carbocycles. The summed E-state index contributed by atoms with van der Waals surface area (Å²) < 4.78 is 29.6. The third-order valence-electron chi connectivity index (χ3n) is 2.38. The number of carboxylic acid groups (broad SMARTS) is 1. The fourth-order valence-corrected chi connectivity index (χ4v) is 2.62. The van der Waals surface area contributed by atoms with Gasteiger partial charge in [-0.05, 0) is 13.8 Å². The molecule has 10 heteroatoms. The summed E-state index contributed by atoms with van der Waals surface area (Å²) in [6, 6.07) is -0.536. The summed E-state index contributed by atoms with van der Waals surface area (Å²) in [5, 5.41) is 13.6. The van der Waals surface area contributed by atoms with Crippen LogP contribution in [0.2, 0.25) is 0 Å². The Morgan fingerprint density at radius 2 is 1.86 bits per heavy atom. The molecule has 4 N–H and O–H groups in total. The highest BCUT2D eigenvalue weighted by Crippen LogP contribution is 2.01. The summed E-state index contributed by atoms with van der Waals surface area (Å²) in [7, 11) is -2.03. The molecule has 1 atom stereocenters. The van der Waals surface area contributed by atoms with E-state index in [-0.39, 0.29) is 19.5 Å². The number of carbonyl (C=O) groups excluding carboxylic acids is 1. The summed E-state index contributed by atoms with van der Waals surface area (Å²) in [6.45, 7) is 3.35. The Morgan fingerprint density at radius 1 is 1.29 bits per heavy atom. The van der Waals surface area contributed by atoms with Gasteiger partial charge >= 0.3 is 12.0 Å². The predicted molar refractivity (Wildman–Crippen MR) is 76.5 cm³/mol. The Hall–Kier alpha value is -1.39. The molecule has 21 heavy (non-hydrogen) atoms. The molecule has 0 aliphatic heterocycles. The fraction of sp³-hybridized carbons (Fsp3) is 0.818. The Labute approximate surface area is 124 Å². The molecule has 0 rings (SSSR count). The van der Waals surface area contributed by atoms with Gasteiger partial charge in [-0.25, -0.2) is 17.9 Å². The molecule has 0 bridgehead atoms. The van der Waals surface area contributed by atoms with Crippen LogP contribution in [0.25, 0.3) is 0 Å². The van der Waals surface area contributed by atoms with Gasteiger partial charge in [0.15, 0.2) is 0 Å². The van der Waals surface area contributed by atoms with E-state index in [1.165, 1.54) is 7.11 Å². The second-order valence-corrected chi connectivity index (χ2v) is 7.03. The van der Waals surface area contributed by atoms with E-state index in [0.717, 1.165) is 6.26 Å². The minimum Gasteiger partial charge on any atom is -0.481 e. The number of nitrogens with one attached hydrogen (secondary N) is 3. The Balaban J connectivity index is 4.18. The molecule has 0 saturated heterocycles. The number of ether oxygens (including phenoxy) is 1. The third-order valence-corrected chi connectivity index (χ3v) is 3.30. The van der Waals surface area contributed by atoms with E-state index in [1.54, 1.807) is 13.8 Å². The summed E-state index contributed by atoms with van der Waals surface area (Å²) in [6.07, 6.45) is 0.178. The number of urea groups is 1. The quantitative estimate of drug-likeness (QED) is 0.434. The van der Waals surface area contributed by atoms with Crippen LogP contribution in [-0.4, -0.2) is 63.6 Å². The van der Waals surface area contributed by atoms with Crippen LogP contribution in [0.4, 0.5) is 4.79 Å². The highest BCUT2D eigenvalue weighted by Gasteiger charge is 2.23. The van der Waals surface area contributed by atoms with Crippen LogP contribution in [0.5, 0.6) is 0 Å². The zero-order chi connectivity index (χ0) is 16.7. The van der Waals surface area contributed by atoms with Crippen molar-refractivity contribution in [3.8, 4) is 0 Å². The molecule has 1 unspecified atom stereocenters. The van der Waals surface area contributed by atoms with Crippen LogP contribution in [0.15, 0.2) is 0 Å². The standard InChI is InChI=1S/C11H23N3O6S/c1-11(2,14-21(4,18)19)7-13-10(17)12-6-8(20-3)5-9(15)16/h8,14H,5-7H2,1-4H3,(H,15,16)(H2,12,13,17). The van der Waals surface area contributed by atoms with Gasteiger partial charge in [-0.2, -0.15) is 0 Å². The molecule has 0 heterocycles. The van der Waals surface area contributed by atoms with Crippen molar-refractivity contribution in [2.24, 2.45) is 0 Å². The van der Waals surface area contributed by atoms with Crippen molar-refractivity contribution in [2.75, 3.05) is 26.5 Å². The third kappa shape index (κ3) is 11.0. The lowest BCUT2D eigenvalue weighted by Gasteiger charge is -2.25. The number of aliphatic carboxylic acids is 1. The van der Waals surface area contributed by atoms with Crippen LogP contribution in [0.1, 0.15) is 20.3 Å². The van der Waals surface area contributed by atoms with Crippen molar-refractivity contribution in [1.29, 1.82) is 0 Å². The van der Waals surface area contributed by atoms with E-state index in [1.807, 2.05) is 0 Å². The number of carbonyl (C=O) groups is 2. The van der Waals surface area contributed by atoms with Gasteiger partial charge in [0.1, 0.15) is 0 Å². The van der Waals surface area contributed by atoms with Crippen molar-refractivity contribution in [2.45, 2.75) is 31.9 Å². The minimum absolute atomic E-state index is 0.0363. The highest BCUT2D eigenvalue weighted by atomic mass is 32.2. The average molecular weight is 325 g/mol. The van der Waals surface area contributed by atoms with Crippen LogP contribution in [-0.2, 0) is 19.6 Å². The SMILES string of the molecule is COC(CNC(=O)NCC(C)(C)NS(C)(=O)=O)CC(=O)O. The van der Waals surface area contributed by atoms with Gasteiger partial charge in [0.25, 0.3) is 0 Å². The van der Waals surface area contributed by atoms with Gasteiger partial charge < -0.3 is 20.5 Å². The molecule has 0 saturated carbocycles. The van der Waals surface area contributed by atoms with Crippen molar-refractivity contribution in [3.63, 3.8) is 0 Å². The lowest BCUT2D eigenvalue weighted by atomic mass is 10.1. The zero-order valence-corrected chi connectivity index (χ0v) is 13.4. The first-order chi connectivity index (χ1) is 9.45. The van der Waals surface area contributed by atoms with Gasteiger partial charge in [0.2, 0.25) is 10.0 Å². The minimum atomic E-state index is -3.38. The number of hydrogen-bond acceptors (Lipinski definition) is 5. The van der Waals surface area contributed by atoms with Gasteiger partial charge in [-0.3, -0.25) is 4.79 Å². The molecule has 2 amide bonds. The summed E-state index contributed by atoms with van der Waals surface area (Å²) in [5.41, 5.74) is -0.841. The average Bonchev–Trinajstić information content (AvgIpc) is 2.28. The lowest BCUT2D eigenvalue weighted by Crippen LogP contribution is -2.53. The molecule has 9 nitrogen and oxygen atoms in total. The van der Waals surface area contributed by atoms with Gasteiger partial charge in [-0.15, -0.1) is 0 Å². The van der Waals surface area contributed by atoms with Crippen molar-refractivity contribution in [3.05, 3.63) is 0 Å². The first-order valence-electron chi connectivity index (χ1n) is 6.20. The first-order valence-corrected chi connectivity index (χ1v) is 8.09. The number of sulfonamides is 1. The number of hydrogen-bond donors (Lipinski definition) is 4. The topological polar surface area (TPSA) is 134 Å².